The lowest BCUT2D eigenvalue weighted by molar-refractivity contribution is 0.201. The van der Waals surface area contributed by atoms with Crippen LogP contribution in [0.5, 0.6) is 0 Å². The van der Waals surface area contributed by atoms with E-state index in [1.54, 1.807) is 0 Å². The summed E-state index contributed by atoms with van der Waals surface area (Å²) in [6.45, 7) is 20.4. The van der Waals surface area contributed by atoms with Crippen LogP contribution in [-0.4, -0.2) is 50.1 Å². The van der Waals surface area contributed by atoms with E-state index in [2.05, 4.69) is 44.7 Å². The second kappa shape index (κ2) is 19.2. The summed E-state index contributed by atoms with van der Waals surface area (Å²) in [6, 6.07) is 0. The molecule has 0 bridgehead atoms. The summed E-state index contributed by atoms with van der Waals surface area (Å²) in [4.78, 5) is 4.78. The number of piperidine rings is 2. The van der Waals surface area contributed by atoms with Crippen LogP contribution in [0.25, 0.3) is 0 Å². The van der Waals surface area contributed by atoms with Gasteiger partial charge in [-0.2, -0.15) is 0 Å². The second-order valence-corrected chi connectivity index (χ2v) is 9.07. The molecule has 27 heavy (non-hydrogen) atoms. The minimum atomic E-state index is 0.659. The monoisotopic (exact) mass is 384 g/mol. The third-order valence-electron chi connectivity index (χ3n) is 5.79. The number of hydrogen-bond acceptors (Lipinski definition) is 2. The van der Waals surface area contributed by atoms with E-state index in [1.165, 1.54) is 90.4 Å². The van der Waals surface area contributed by atoms with Crippen LogP contribution in [0.3, 0.4) is 0 Å². The summed E-state index contributed by atoms with van der Waals surface area (Å²) in [6.07, 6.45) is 14.3. The Kier molecular flexibility index (Phi) is 20.8. The summed E-state index contributed by atoms with van der Waals surface area (Å²) in [5, 5.41) is 0. The van der Waals surface area contributed by atoms with Crippen molar-refractivity contribution >= 4 is 0 Å². The number of likely N-dealkylation sites (tertiary alicyclic amines) is 2. The summed E-state index contributed by atoms with van der Waals surface area (Å²) in [5.74, 6) is 0.998. The molecular formula is C25H56N2. The molecule has 166 valence electrons. The zero-order valence-electron chi connectivity index (χ0n) is 20.9. The van der Waals surface area contributed by atoms with Crippen LogP contribution in [0.1, 0.15) is 113 Å². The maximum Gasteiger partial charge on any atom is -0.00218 e. The first-order valence-electron chi connectivity index (χ1n) is 12.3. The SMILES string of the molecule is CC.CC.CC1CCC(C)(C)CC1.CN1CCCCC1.CN1CCCCC1. The van der Waals surface area contributed by atoms with Gasteiger partial charge >= 0.3 is 0 Å². The topological polar surface area (TPSA) is 6.48 Å². The van der Waals surface area contributed by atoms with Crippen LogP contribution in [0.2, 0.25) is 0 Å². The molecule has 3 aliphatic rings. The molecule has 0 amide bonds. The van der Waals surface area contributed by atoms with Crippen LogP contribution in [0.4, 0.5) is 0 Å². The Hall–Kier alpha value is -0.0800. The van der Waals surface area contributed by atoms with E-state index in [1.807, 2.05) is 27.7 Å². The molecule has 2 heteroatoms. The lowest BCUT2D eigenvalue weighted by Gasteiger charge is -2.32. The first kappa shape index (κ1) is 29.1. The minimum absolute atomic E-state index is 0.659. The van der Waals surface area contributed by atoms with Crippen molar-refractivity contribution in [2.24, 2.45) is 11.3 Å². The van der Waals surface area contributed by atoms with Gasteiger partial charge in [-0.25, -0.2) is 0 Å². The van der Waals surface area contributed by atoms with Gasteiger partial charge in [-0.05, 0) is 90.1 Å². The average Bonchev–Trinajstić information content (AvgIpc) is 2.70. The first-order valence-corrected chi connectivity index (χ1v) is 12.3. The van der Waals surface area contributed by atoms with Crippen molar-refractivity contribution in [1.29, 1.82) is 0 Å². The molecule has 0 unspecified atom stereocenters. The van der Waals surface area contributed by atoms with Gasteiger partial charge in [0.1, 0.15) is 0 Å². The summed E-state index contributed by atoms with van der Waals surface area (Å²) < 4.78 is 0. The van der Waals surface area contributed by atoms with Crippen molar-refractivity contribution in [3.63, 3.8) is 0 Å². The van der Waals surface area contributed by atoms with E-state index in [9.17, 15) is 0 Å². The van der Waals surface area contributed by atoms with Crippen molar-refractivity contribution in [3.8, 4) is 0 Å². The van der Waals surface area contributed by atoms with Gasteiger partial charge in [0.15, 0.2) is 0 Å². The minimum Gasteiger partial charge on any atom is -0.306 e. The molecule has 2 heterocycles. The fraction of sp³-hybridized carbons (Fsp3) is 1.00. The Labute approximate surface area is 174 Å². The molecule has 0 atom stereocenters. The quantitative estimate of drug-likeness (QED) is 0.427. The Morgan fingerprint density at radius 1 is 0.593 bits per heavy atom. The van der Waals surface area contributed by atoms with E-state index >= 15 is 0 Å². The fourth-order valence-corrected chi connectivity index (χ4v) is 3.65. The Morgan fingerprint density at radius 3 is 1.07 bits per heavy atom. The van der Waals surface area contributed by atoms with Gasteiger partial charge in [0.25, 0.3) is 0 Å². The lowest BCUT2D eigenvalue weighted by Crippen LogP contribution is -2.24. The molecule has 0 spiro atoms. The highest BCUT2D eigenvalue weighted by molar-refractivity contribution is 4.76. The van der Waals surface area contributed by atoms with Gasteiger partial charge < -0.3 is 9.80 Å². The van der Waals surface area contributed by atoms with Crippen molar-refractivity contribution in [1.82, 2.24) is 9.80 Å². The predicted octanol–water partition coefficient (Wildman–Crippen LogP) is 7.48. The Morgan fingerprint density at radius 2 is 0.889 bits per heavy atom. The molecule has 3 fully saturated rings. The normalized spacial score (nSPS) is 23.0. The molecule has 0 radical (unpaired) electrons. The number of hydrogen-bond donors (Lipinski definition) is 0. The van der Waals surface area contributed by atoms with Crippen molar-refractivity contribution in [3.05, 3.63) is 0 Å². The first-order chi connectivity index (χ1) is 12.9. The van der Waals surface area contributed by atoms with E-state index in [-0.39, 0.29) is 0 Å². The molecule has 0 aromatic rings. The molecule has 2 aliphatic heterocycles. The summed E-state index contributed by atoms with van der Waals surface area (Å²) >= 11 is 0. The maximum atomic E-state index is 2.39. The molecule has 2 saturated heterocycles. The number of rotatable bonds is 0. The van der Waals surface area contributed by atoms with Gasteiger partial charge in [-0.15, -0.1) is 0 Å². The molecule has 1 aliphatic carbocycles. The van der Waals surface area contributed by atoms with Crippen LogP contribution < -0.4 is 0 Å². The smallest absolute Gasteiger partial charge is 0.00218 e. The third-order valence-corrected chi connectivity index (χ3v) is 5.79. The van der Waals surface area contributed by atoms with Crippen molar-refractivity contribution < 1.29 is 0 Å². The largest absolute Gasteiger partial charge is 0.306 e. The van der Waals surface area contributed by atoms with E-state index < -0.39 is 0 Å². The van der Waals surface area contributed by atoms with Crippen LogP contribution in [-0.2, 0) is 0 Å². The fourth-order valence-electron chi connectivity index (χ4n) is 3.65. The number of nitrogens with zero attached hydrogens (tertiary/aromatic N) is 2. The highest BCUT2D eigenvalue weighted by Crippen LogP contribution is 2.37. The van der Waals surface area contributed by atoms with Crippen molar-refractivity contribution in [2.45, 2.75) is 113 Å². The van der Waals surface area contributed by atoms with Gasteiger partial charge in [0, 0.05) is 0 Å². The standard InChI is InChI=1S/C9H18.2C6H13N.2C2H6/c1-8-4-6-9(2,3)7-5-8;2*1-7-5-3-2-4-6-7;2*1-2/h8H,4-7H2,1-3H3;2*2-6H2,1H3;2*1-2H3. The van der Waals surface area contributed by atoms with Crippen molar-refractivity contribution in [2.75, 3.05) is 40.3 Å². The average molecular weight is 385 g/mol. The van der Waals surface area contributed by atoms with Crippen LogP contribution in [0.15, 0.2) is 0 Å². The Balaban J connectivity index is 0. The second-order valence-electron chi connectivity index (χ2n) is 9.07. The molecule has 3 rings (SSSR count). The maximum absolute atomic E-state index is 2.39. The summed E-state index contributed by atoms with van der Waals surface area (Å²) in [5.41, 5.74) is 0.659. The molecule has 0 aromatic heterocycles. The van der Waals surface area contributed by atoms with Gasteiger partial charge in [-0.3, -0.25) is 0 Å². The highest BCUT2D eigenvalue weighted by atomic mass is 15.1. The van der Waals surface area contributed by atoms with Crippen LogP contribution >= 0.6 is 0 Å². The third kappa shape index (κ3) is 19.0. The zero-order valence-corrected chi connectivity index (χ0v) is 20.9. The molecule has 0 aromatic carbocycles. The molecule has 1 saturated carbocycles. The highest BCUT2D eigenvalue weighted by Gasteiger charge is 2.23. The summed E-state index contributed by atoms with van der Waals surface area (Å²) in [7, 11) is 4.39. The van der Waals surface area contributed by atoms with Gasteiger partial charge in [0.2, 0.25) is 0 Å². The van der Waals surface area contributed by atoms with Gasteiger partial charge in [-0.1, -0.05) is 74.1 Å². The van der Waals surface area contributed by atoms with Crippen LogP contribution in [0, 0.1) is 11.3 Å². The molecule has 2 nitrogen and oxygen atoms in total. The van der Waals surface area contributed by atoms with E-state index in [0.717, 1.165) is 5.92 Å². The van der Waals surface area contributed by atoms with E-state index in [4.69, 9.17) is 0 Å². The zero-order chi connectivity index (χ0) is 21.1. The molecular weight excluding hydrogens is 328 g/mol. The van der Waals surface area contributed by atoms with E-state index in [0.29, 0.717) is 5.41 Å². The Bertz CT molecular complexity index is 250. The lowest BCUT2D eigenvalue weighted by atomic mass is 9.74. The predicted molar refractivity (Wildman–Crippen MR) is 127 cm³/mol. The van der Waals surface area contributed by atoms with Gasteiger partial charge in [0.05, 0.1) is 0 Å². The molecule has 0 N–H and O–H groups in total.